The number of phenols is 1. The van der Waals surface area contributed by atoms with Gasteiger partial charge in [-0.3, -0.25) is 0 Å². The van der Waals surface area contributed by atoms with E-state index < -0.39 is 15.9 Å². The predicted molar refractivity (Wildman–Crippen MR) is 98.1 cm³/mol. The van der Waals surface area contributed by atoms with Crippen LogP contribution in [-0.4, -0.2) is 51.9 Å². The Morgan fingerprint density at radius 2 is 1.59 bits per heavy atom. The van der Waals surface area contributed by atoms with Crippen molar-refractivity contribution in [3.8, 4) is 11.4 Å². The zero-order chi connectivity index (χ0) is 17.9. The van der Waals surface area contributed by atoms with Gasteiger partial charge in [-0.1, -0.05) is 18.2 Å². The maximum atomic E-state index is 10.5. The molecule has 2 N–H and O–H groups in total. The Morgan fingerprint density at radius 1 is 1.00 bits per heavy atom. The maximum Gasteiger partial charge on any atom is 0.143 e. The van der Waals surface area contributed by atoms with Crippen molar-refractivity contribution in [3.63, 3.8) is 0 Å². The largest absolute Gasteiger partial charge is 0.748 e. The summed E-state index contributed by atoms with van der Waals surface area (Å²) in [4.78, 5) is 1.39. The Balaban J connectivity index is 0. The molecule has 3 aromatic rings. The summed E-state index contributed by atoms with van der Waals surface area (Å²) in [5.41, 5.74) is 2.85. The molecule has 12 heteroatoms. The average molecular weight is 643 g/mol. The molecule has 149 valence electrons. The van der Waals surface area contributed by atoms with E-state index in [1.807, 2.05) is 24.3 Å². The van der Waals surface area contributed by atoms with Crippen molar-refractivity contribution in [2.75, 3.05) is 18.8 Å². The molecule has 0 fully saturated rings. The van der Waals surface area contributed by atoms with Crippen molar-refractivity contribution in [3.05, 3.63) is 55.5 Å². The van der Waals surface area contributed by atoms with Gasteiger partial charge in [0.25, 0.3) is 0 Å². The van der Waals surface area contributed by atoms with Crippen LogP contribution in [0.1, 0.15) is 5.56 Å². The van der Waals surface area contributed by atoms with Gasteiger partial charge in [-0.25, -0.2) is 8.42 Å². The molecule has 1 heterocycles. The molecule has 0 saturated heterocycles. The Hall–Kier alpha value is 0.822. The molecule has 0 spiro atoms. The number of aromatic nitrogens is 3. The molecule has 2 aromatic carbocycles. The summed E-state index contributed by atoms with van der Waals surface area (Å²) in [7, 11) is -4.20. The van der Waals surface area contributed by atoms with E-state index in [1.165, 1.54) is 4.80 Å². The fourth-order valence-electron chi connectivity index (χ4n) is 2.41. The number of rotatable bonds is 7. The third-order valence-corrected chi connectivity index (χ3v) is 4.37. The number of phenolic OH excluding ortho intramolecular Hbond substituents is 1. The fraction of sp³-hybridized carbons (Fsp3) is 0.235. The molecule has 0 atom stereocenters. The molecule has 0 saturated carbocycles. The minimum atomic E-state index is -4.20. The van der Waals surface area contributed by atoms with E-state index in [2.05, 4.69) is 15.5 Å². The molecule has 1 aromatic heterocycles. The SMILES string of the molecule is O=S(=O)([O-])CCNCCc1ccc(O)c(-n2nc3ccccc3n2)c1.[CH3-].[Y].[Y].[Y]. The molecule has 0 aliphatic carbocycles. The molecule has 3 radical (unpaired) electrons. The van der Waals surface area contributed by atoms with Crippen molar-refractivity contribution in [1.82, 2.24) is 20.3 Å². The van der Waals surface area contributed by atoms with E-state index in [1.54, 1.807) is 18.2 Å². The zero-order valence-corrected chi connectivity index (χ0v) is 25.4. The summed E-state index contributed by atoms with van der Waals surface area (Å²) in [5.74, 6) is -0.369. The van der Waals surface area contributed by atoms with Gasteiger partial charge in [0.2, 0.25) is 0 Å². The van der Waals surface area contributed by atoms with E-state index in [4.69, 9.17) is 0 Å². The Bertz CT molecular complexity index is 966. The normalized spacial score (nSPS) is 10.2. The second-order valence-electron chi connectivity index (χ2n) is 5.56. The van der Waals surface area contributed by atoms with Gasteiger partial charge in [0.1, 0.15) is 22.5 Å². The van der Waals surface area contributed by atoms with E-state index in [-0.39, 0.29) is 118 Å². The smallest absolute Gasteiger partial charge is 0.143 e. The van der Waals surface area contributed by atoms with E-state index in [9.17, 15) is 18.1 Å². The third kappa shape index (κ3) is 9.88. The van der Waals surface area contributed by atoms with E-state index in [0.29, 0.717) is 18.7 Å². The van der Waals surface area contributed by atoms with Crippen LogP contribution in [0.25, 0.3) is 16.7 Å². The van der Waals surface area contributed by atoms with Gasteiger partial charge in [0, 0.05) is 105 Å². The van der Waals surface area contributed by atoms with Crippen LogP contribution in [0.4, 0.5) is 0 Å². The first kappa shape index (κ1) is 32.0. The van der Waals surface area contributed by atoms with Gasteiger partial charge in [0.15, 0.2) is 0 Å². The zero-order valence-electron chi connectivity index (χ0n) is 16.0. The van der Waals surface area contributed by atoms with Gasteiger partial charge >= 0.3 is 0 Å². The maximum absolute atomic E-state index is 10.5. The second kappa shape index (κ2) is 14.8. The van der Waals surface area contributed by atoms with Crippen LogP contribution in [0.3, 0.4) is 0 Å². The number of nitrogens with zero attached hydrogens (tertiary/aromatic N) is 3. The van der Waals surface area contributed by atoms with Gasteiger partial charge < -0.3 is 22.4 Å². The predicted octanol–water partition coefficient (Wildman–Crippen LogP) is 1.25. The number of nitrogens with one attached hydrogen (secondary N) is 1. The van der Waals surface area contributed by atoms with Crippen molar-refractivity contribution in [2.45, 2.75) is 6.42 Å². The van der Waals surface area contributed by atoms with E-state index >= 15 is 0 Å². The van der Waals surface area contributed by atoms with E-state index in [0.717, 1.165) is 16.6 Å². The van der Waals surface area contributed by atoms with Crippen LogP contribution in [0.15, 0.2) is 42.5 Å². The van der Waals surface area contributed by atoms with Crippen molar-refractivity contribution < 1.29 is 116 Å². The molecule has 0 aliphatic rings. The van der Waals surface area contributed by atoms with Gasteiger partial charge in [0.05, 0.1) is 15.9 Å². The monoisotopic (exact) mass is 643 g/mol. The summed E-state index contributed by atoms with van der Waals surface area (Å²) in [6.07, 6.45) is 0.604. The van der Waals surface area contributed by atoms with Crippen LogP contribution in [0, 0.1) is 7.43 Å². The summed E-state index contributed by atoms with van der Waals surface area (Å²) in [6.45, 7) is 0.622. The Labute approximate surface area is 246 Å². The van der Waals surface area contributed by atoms with Crippen LogP contribution in [-0.2, 0) is 115 Å². The Kier molecular flexibility index (Phi) is 16.3. The average Bonchev–Trinajstić information content (AvgIpc) is 2.98. The van der Waals surface area contributed by atoms with Crippen molar-refractivity contribution in [2.24, 2.45) is 0 Å². The molecular formula is C17H20N4O4SY3-2. The molecule has 0 bridgehead atoms. The topological polar surface area (TPSA) is 120 Å². The third-order valence-electron chi connectivity index (χ3n) is 3.66. The Morgan fingerprint density at radius 3 is 2.14 bits per heavy atom. The second-order valence-corrected chi connectivity index (χ2v) is 7.09. The van der Waals surface area contributed by atoms with Gasteiger partial charge in [-0.2, -0.15) is 0 Å². The molecule has 0 unspecified atom stereocenters. The summed E-state index contributed by atoms with van der Waals surface area (Å²) >= 11 is 0. The molecule has 3 rings (SSSR count). The standard InChI is InChI=1S/C16H18N4O4S.CH3.3Y/c21-16-6-5-12(7-8-17-9-10-25(22,23)24)11-15(16)20-18-13-3-1-2-4-14(13)19-20;;;;/h1-6,11,17,21H,7-10H2,(H,22,23,24);1H3;;;/q;-1;;;/p-1. The summed E-state index contributed by atoms with van der Waals surface area (Å²) < 4.78 is 31.6. The van der Waals surface area contributed by atoms with Crippen molar-refractivity contribution >= 4 is 21.2 Å². The van der Waals surface area contributed by atoms with Gasteiger partial charge in [-0.05, 0) is 42.8 Å². The fourth-order valence-corrected chi connectivity index (χ4v) is 2.80. The summed E-state index contributed by atoms with van der Waals surface area (Å²) in [5, 5.41) is 21.7. The number of hydrogen-bond donors (Lipinski definition) is 2. The van der Waals surface area contributed by atoms with Gasteiger partial charge in [-0.15, -0.1) is 15.0 Å². The van der Waals surface area contributed by atoms with Crippen molar-refractivity contribution in [1.29, 1.82) is 0 Å². The molecule has 29 heavy (non-hydrogen) atoms. The minimum Gasteiger partial charge on any atom is -0.748 e. The molecular weight excluding hydrogens is 623 g/mol. The van der Waals surface area contributed by atoms with Crippen LogP contribution in [0.2, 0.25) is 0 Å². The number of aromatic hydroxyl groups is 1. The number of hydrogen-bond acceptors (Lipinski definition) is 7. The quantitative estimate of drug-likeness (QED) is 0.226. The summed E-state index contributed by atoms with van der Waals surface area (Å²) in [6, 6.07) is 12.5. The minimum absolute atomic E-state index is 0. The first-order valence-electron chi connectivity index (χ1n) is 7.71. The number of fused-ring (bicyclic) bond motifs is 1. The number of benzene rings is 2. The van der Waals surface area contributed by atoms with Crippen LogP contribution < -0.4 is 5.32 Å². The first-order valence-corrected chi connectivity index (χ1v) is 9.29. The van der Waals surface area contributed by atoms with Crippen LogP contribution in [0.5, 0.6) is 5.75 Å². The van der Waals surface area contributed by atoms with Crippen LogP contribution >= 0.6 is 0 Å². The molecule has 8 nitrogen and oxygen atoms in total. The molecule has 0 amide bonds. The molecule has 0 aliphatic heterocycles. The first-order chi connectivity index (χ1) is 11.9.